The van der Waals surface area contributed by atoms with Gasteiger partial charge in [-0.15, -0.1) is 0 Å². The van der Waals surface area contributed by atoms with Crippen LogP contribution in [0, 0.1) is 6.92 Å². The highest BCUT2D eigenvalue weighted by Gasteiger charge is 2.27. The number of aryl methyl sites for hydroxylation is 1. The lowest BCUT2D eigenvalue weighted by molar-refractivity contribution is 0.177. The van der Waals surface area contributed by atoms with Gasteiger partial charge in [0, 0.05) is 11.1 Å². The third-order valence-corrected chi connectivity index (χ3v) is 3.68. The summed E-state index contributed by atoms with van der Waals surface area (Å²) in [4.78, 5) is 0. The molecule has 98 valence electrons. The summed E-state index contributed by atoms with van der Waals surface area (Å²) in [6.45, 7) is 4.21. The molecule has 3 heteroatoms. The van der Waals surface area contributed by atoms with Gasteiger partial charge in [-0.2, -0.15) is 0 Å². The van der Waals surface area contributed by atoms with Crippen LogP contribution >= 0.6 is 11.6 Å². The first-order valence-electron chi connectivity index (χ1n) is 6.43. The van der Waals surface area contributed by atoms with E-state index in [0.717, 1.165) is 11.4 Å². The van der Waals surface area contributed by atoms with Crippen LogP contribution in [-0.4, -0.2) is 6.04 Å². The summed E-state index contributed by atoms with van der Waals surface area (Å²) in [6.07, 6.45) is 0.00608. The first-order chi connectivity index (χ1) is 9.13. The van der Waals surface area contributed by atoms with E-state index in [2.05, 4.69) is 43.4 Å². The second-order valence-electron chi connectivity index (χ2n) is 5.02. The molecule has 0 bridgehead atoms. The van der Waals surface area contributed by atoms with Crippen molar-refractivity contribution in [2.24, 2.45) is 0 Å². The average Bonchev–Trinajstić information content (AvgIpc) is 2.40. The van der Waals surface area contributed by atoms with Crippen molar-refractivity contribution in [1.29, 1.82) is 0 Å². The molecule has 0 amide bonds. The number of hydrogen-bond donors (Lipinski definition) is 1. The summed E-state index contributed by atoms with van der Waals surface area (Å²) >= 11 is 6.02. The van der Waals surface area contributed by atoms with E-state index < -0.39 is 0 Å². The highest BCUT2D eigenvalue weighted by molar-refractivity contribution is 6.30. The Labute approximate surface area is 118 Å². The van der Waals surface area contributed by atoms with Crippen molar-refractivity contribution in [1.82, 2.24) is 0 Å². The van der Waals surface area contributed by atoms with Crippen molar-refractivity contribution in [3.05, 3.63) is 58.6 Å². The standard InChI is InChI=1S/C16H16ClNO/c1-10-3-5-12(6-4-10)16-11(2)18-14-8-7-13(17)9-15(14)19-16/h3-9,11,16,18H,1-2H3. The van der Waals surface area contributed by atoms with E-state index in [1.54, 1.807) is 0 Å². The Morgan fingerprint density at radius 3 is 2.58 bits per heavy atom. The van der Waals surface area contributed by atoms with Gasteiger partial charge in [0.15, 0.2) is 0 Å². The van der Waals surface area contributed by atoms with Crippen molar-refractivity contribution in [3.63, 3.8) is 0 Å². The molecule has 0 aromatic heterocycles. The topological polar surface area (TPSA) is 21.3 Å². The number of rotatable bonds is 1. The van der Waals surface area contributed by atoms with Gasteiger partial charge in [0.25, 0.3) is 0 Å². The van der Waals surface area contributed by atoms with Crippen LogP contribution in [-0.2, 0) is 0 Å². The van der Waals surface area contributed by atoms with Gasteiger partial charge < -0.3 is 10.1 Å². The molecule has 1 heterocycles. The van der Waals surface area contributed by atoms with Crippen molar-refractivity contribution in [2.45, 2.75) is 26.0 Å². The maximum atomic E-state index is 6.10. The maximum absolute atomic E-state index is 6.10. The number of fused-ring (bicyclic) bond motifs is 1. The molecule has 2 nitrogen and oxygen atoms in total. The van der Waals surface area contributed by atoms with Crippen LogP contribution in [0.3, 0.4) is 0 Å². The fourth-order valence-electron chi connectivity index (χ4n) is 2.39. The minimum absolute atomic E-state index is 0.00608. The monoisotopic (exact) mass is 273 g/mol. The van der Waals surface area contributed by atoms with Gasteiger partial charge in [-0.05, 0) is 31.5 Å². The van der Waals surface area contributed by atoms with E-state index in [-0.39, 0.29) is 12.1 Å². The Bertz CT molecular complexity index is 594. The average molecular weight is 274 g/mol. The van der Waals surface area contributed by atoms with Gasteiger partial charge in [-0.3, -0.25) is 0 Å². The smallest absolute Gasteiger partial charge is 0.144 e. The van der Waals surface area contributed by atoms with Crippen LogP contribution in [0.15, 0.2) is 42.5 Å². The summed E-state index contributed by atoms with van der Waals surface area (Å²) in [5, 5.41) is 4.16. The molecular weight excluding hydrogens is 258 g/mol. The Morgan fingerprint density at radius 2 is 1.84 bits per heavy atom. The third kappa shape index (κ3) is 2.41. The van der Waals surface area contributed by atoms with E-state index in [9.17, 15) is 0 Å². The van der Waals surface area contributed by atoms with E-state index in [4.69, 9.17) is 16.3 Å². The quantitative estimate of drug-likeness (QED) is 0.821. The van der Waals surface area contributed by atoms with Gasteiger partial charge in [-0.25, -0.2) is 0 Å². The predicted molar refractivity (Wildman–Crippen MR) is 79.1 cm³/mol. The van der Waals surface area contributed by atoms with Crippen molar-refractivity contribution >= 4 is 17.3 Å². The molecule has 2 unspecified atom stereocenters. The number of hydrogen-bond acceptors (Lipinski definition) is 2. The molecule has 3 rings (SSSR count). The molecule has 1 N–H and O–H groups in total. The fourth-order valence-corrected chi connectivity index (χ4v) is 2.55. The zero-order valence-corrected chi connectivity index (χ0v) is 11.7. The number of ether oxygens (including phenoxy) is 1. The highest BCUT2D eigenvalue weighted by atomic mass is 35.5. The fraction of sp³-hybridized carbons (Fsp3) is 0.250. The number of nitrogens with one attached hydrogen (secondary N) is 1. The van der Waals surface area contributed by atoms with Crippen LogP contribution in [0.1, 0.15) is 24.2 Å². The molecule has 0 spiro atoms. The van der Waals surface area contributed by atoms with Crippen molar-refractivity contribution in [3.8, 4) is 5.75 Å². The first-order valence-corrected chi connectivity index (χ1v) is 6.80. The molecule has 0 saturated carbocycles. The highest BCUT2D eigenvalue weighted by Crippen LogP contribution is 2.38. The molecule has 0 saturated heterocycles. The zero-order chi connectivity index (χ0) is 13.4. The van der Waals surface area contributed by atoms with Gasteiger partial charge in [0.05, 0.1) is 11.7 Å². The van der Waals surface area contributed by atoms with Crippen LogP contribution < -0.4 is 10.1 Å². The van der Waals surface area contributed by atoms with Gasteiger partial charge >= 0.3 is 0 Å². The Hall–Kier alpha value is -1.67. The Kier molecular flexibility index (Phi) is 3.11. The number of anilines is 1. The lowest BCUT2D eigenvalue weighted by atomic mass is 10.00. The number of halogens is 1. The van der Waals surface area contributed by atoms with Crippen molar-refractivity contribution < 1.29 is 4.74 Å². The minimum atomic E-state index is 0.00608. The summed E-state index contributed by atoms with van der Waals surface area (Å²) in [5.74, 6) is 0.816. The van der Waals surface area contributed by atoms with Crippen LogP contribution in [0.4, 0.5) is 5.69 Å². The van der Waals surface area contributed by atoms with E-state index >= 15 is 0 Å². The largest absolute Gasteiger partial charge is 0.481 e. The van der Waals surface area contributed by atoms with Crippen molar-refractivity contribution in [2.75, 3.05) is 5.32 Å². The minimum Gasteiger partial charge on any atom is -0.481 e. The first kappa shape index (κ1) is 12.4. The summed E-state index contributed by atoms with van der Waals surface area (Å²) < 4.78 is 6.10. The van der Waals surface area contributed by atoms with Gasteiger partial charge in [-0.1, -0.05) is 41.4 Å². The molecular formula is C16H16ClNO. The van der Waals surface area contributed by atoms with Gasteiger partial charge in [0.1, 0.15) is 11.9 Å². The van der Waals surface area contributed by atoms with E-state index in [1.807, 2.05) is 18.2 Å². The van der Waals surface area contributed by atoms with E-state index in [0.29, 0.717) is 5.02 Å². The SMILES string of the molecule is Cc1ccc(C2Oc3cc(Cl)ccc3NC2C)cc1. The zero-order valence-electron chi connectivity index (χ0n) is 11.0. The molecule has 0 fully saturated rings. The molecule has 0 radical (unpaired) electrons. The van der Waals surface area contributed by atoms with E-state index in [1.165, 1.54) is 11.1 Å². The maximum Gasteiger partial charge on any atom is 0.144 e. The predicted octanol–water partition coefficient (Wildman–Crippen LogP) is 4.58. The normalized spacial score (nSPS) is 21.2. The van der Waals surface area contributed by atoms with Crippen LogP contribution in [0.5, 0.6) is 5.75 Å². The van der Waals surface area contributed by atoms with Crippen LogP contribution in [0.25, 0.3) is 0 Å². The molecule has 2 atom stereocenters. The molecule has 2 aromatic rings. The molecule has 1 aliphatic heterocycles. The molecule has 2 aromatic carbocycles. The second kappa shape index (κ2) is 4.78. The van der Waals surface area contributed by atoms with Crippen LogP contribution in [0.2, 0.25) is 5.02 Å². The lowest BCUT2D eigenvalue weighted by Gasteiger charge is -2.33. The number of benzene rings is 2. The summed E-state index contributed by atoms with van der Waals surface area (Å²) in [5.41, 5.74) is 3.43. The third-order valence-electron chi connectivity index (χ3n) is 3.44. The summed E-state index contributed by atoms with van der Waals surface area (Å²) in [6, 6.07) is 14.4. The van der Waals surface area contributed by atoms with Gasteiger partial charge in [0.2, 0.25) is 0 Å². The molecule has 19 heavy (non-hydrogen) atoms. The Balaban J connectivity index is 1.94. The summed E-state index contributed by atoms with van der Waals surface area (Å²) in [7, 11) is 0. The molecule has 1 aliphatic rings. The lowest BCUT2D eigenvalue weighted by Crippen LogP contribution is -2.32. The second-order valence-corrected chi connectivity index (χ2v) is 5.46. The Morgan fingerprint density at radius 1 is 1.11 bits per heavy atom. The molecule has 0 aliphatic carbocycles.